The number of likely N-dealkylation sites (tertiary alicyclic amines) is 1. The highest BCUT2D eigenvalue weighted by atomic mass is 16.4. The van der Waals surface area contributed by atoms with E-state index < -0.39 is 11.6 Å². The third-order valence-electron chi connectivity index (χ3n) is 3.63. The zero-order chi connectivity index (χ0) is 14.5. The lowest BCUT2D eigenvalue weighted by Crippen LogP contribution is -2.49. The first kappa shape index (κ1) is 15.8. The molecule has 2 amide bonds. The standard InChI is InChI=1S/C13H24N2O4/c1-3-10-4-6-15(7-5-10)12(18)14-9-13(2,19)8-11(16)17/h10,19H,3-9H2,1-2H3,(H,14,18)(H,16,17). The van der Waals surface area contributed by atoms with Crippen LogP contribution >= 0.6 is 0 Å². The highest BCUT2D eigenvalue weighted by Crippen LogP contribution is 2.19. The molecule has 0 aromatic rings. The van der Waals surface area contributed by atoms with Crippen LogP contribution in [0.3, 0.4) is 0 Å². The zero-order valence-corrected chi connectivity index (χ0v) is 11.7. The monoisotopic (exact) mass is 272 g/mol. The molecule has 3 N–H and O–H groups in total. The number of piperidine rings is 1. The predicted octanol–water partition coefficient (Wildman–Crippen LogP) is 1.04. The number of carbonyl (C=O) groups is 2. The smallest absolute Gasteiger partial charge is 0.317 e. The molecule has 6 heteroatoms. The Morgan fingerprint density at radius 2 is 1.95 bits per heavy atom. The lowest BCUT2D eigenvalue weighted by molar-refractivity contribution is -0.141. The summed E-state index contributed by atoms with van der Waals surface area (Å²) in [5.74, 6) is -0.387. The van der Waals surface area contributed by atoms with Gasteiger partial charge in [-0.15, -0.1) is 0 Å². The number of urea groups is 1. The minimum atomic E-state index is -1.41. The van der Waals surface area contributed by atoms with Crippen molar-refractivity contribution in [3.05, 3.63) is 0 Å². The molecule has 1 aliphatic heterocycles. The number of carboxylic acid groups (broad SMARTS) is 1. The summed E-state index contributed by atoms with van der Waals surface area (Å²) < 4.78 is 0. The molecule has 19 heavy (non-hydrogen) atoms. The van der Waals surface area contributed by atoms with E-state index >= 15 is 0 Å². The van der Waals surface area contributed by atoms with Crippen molar-refractivity contribution in [2.75, 3.05) is 19.6 Å². The van der Waals surface area contributed by atoms with Crippen molar-refractivity contribution in [3.63, 3.8) is 0 Å². The van der Waals surface area contributed by atoms with E-state index in [1.54, 1.807) is 4.90 Å². The van der Waals surface area contributed by atoms with Crippen molar-refractivity contribution in [3.8, 4) is 0 Å². The normalized spacial score (nSPS) is 19.8. The SMILES string of the molecule is CCC1CCN(C(=O)NCC(C)(O)CC(=O)O)CC1. The van der Waals surface area contributed by atoms with E-state index in [9.17, 15) is 14.7 Å². The van der Waals surface area contributed by atoms with Crippen LogP contribution in [0.15, 0.2) is 0 Å². The Bertz CT molecular complexity index is 323. The Kier molecular flexibility index (Phi) is 5.60. The Morgan fingerprint density at radius 1 is 1.37 bits per heavy atom. The summed E-state index contributed by atoms with van der Waals surface area (Å²) in [5, 5.41) is 21.0. The molecular formula is C13H24N2O4. The highest BCUT2D eigenvalue weighted by molar-refractivity contribution is 5.74. The number of rotatable bonds is 5. The van der Waals surface area contributed by atoms with E-state index in [0.29, 0.717) is 5.92 Å². The van der Waals surface area contributed by atoms with Gasteiger partial charge >= 0.3 is 12.0 Å². The number of amides is 2. The Hall–Kier alpha value is -1.30. The van der Waals surface area contributed by atoms with E-state index in [4.69, 9.17) is 5.11 Å². The summed E-state index contributed by atoms with van der Waals surface area (Å²) in [5.41, 5.74) is -1.41. The van der Waals surface area contributed by atoms with Crippen LogP contribution in [-0.4, -0.2) is 52.3 Å². The maximum atomic E-state index is 11.9. The van der Waals surface area contributed by atoms with Crippen LogP contribution in [0.4, 0.5) is 4.79 Å². The van der Waals surface area contributed by atoms with Gasteiger partial charge in [0.15, 0.2) is 0 Å². The largest absolute Gasteiger partial charge is 0.481 e. The van der Waals surface area contributed by atoms with Gasteiger partial charge in [0.25, 0.3) is 0 Å². The van der Waals surface area contributed by atoms with Gasteiger partial charge in [0.1, 0.15) is 0 Å². The predicted molar refractivity (Wildman–Crippen MR) is 70.9 cm³/mol. The van der Waals surface area contributed by atoms with Crippen molar-refractivity contribution in [1.29, 1.82) is 0 Å². The lowest BCUT2D eigenvalue weighted by atomic mass is 9.95. The molecule has 1 saturated heterocycles. The fourth-order valence-corrected chi connectivity index (χ4v) is 2.31. The number of nitrogens with one attached hydrogen (secondary N) is 1. The summed E-state index contributed by atoms with van der Waals surface area (Å²) in [6.45, 7) is 4.97. The summed E-state index contributed by atoms with van der Waals surface area (Å²) in [7, 11) is 0. The molecule has 0 aromatic carbocycles. The molecule has 1 atom stereocenters. The van der Waals surface area contributed by atoms with Gasteiger partial charge in [-0.2, -0.15) is 0 Å². The van der Waals surface area contributed by atoms with E-state index in [2.05, 4.69) is 12.2 Å². The Balaban J connectivity index is 2.33. The molecule has 1 heterocycles. The second-order valence-corrected chi connectivity index (χ2v) is 5.56. The van der Waals surface area contributed by atoms with Crippen molar-refractivity contribution in [2.24, 2.45) is 5.92 Å². The number of carboxylic acids is 1. The van der Waals surface area contributed by atoms with Crippen molar-refractivity contribution in [1.82, 2.24) is 10.2 Å². The average molecular weight is 272 g/mol. The van der Waals surface area contributed by atoms with E-state index in [0.717, 1.165) is 32.4 Å². The molecule has 0 radical (unpaired) electrons. The van der Waals surface area contributed by atoms with Gasteiger partial charge in [0.2, 0.25) is 0 Å². The van der Waals surface area contributed by atoms with Crippen molar-refractivity contribution < 1.29 is 19.8 Å². The van der Waals surface area contributed by atoms with Crippen LogP contribution in [0.5, 0.6) is 0 Å². The molecule has 0 spiro atoms. The lowest BCUT2D eigenvalue weighted by Gasteiger charge is -2.32. The first-order chi connectivity index (χ1) is 8.84. The van der Waals surface area contributed by atoms with Gasteiger partial charge in [-0.3, -0.25) is 4.79 Å². The summed E-state index contributed by atoms with van der Waals surface area (Å²) >= 11 is 0. The van der Waals surface area contributed by atoms with E-state index in [1.807, 2.05) is 0 Å². The van der Waals surface area contributed by atoms with Crippen LogP contribution in [0.25, 0.3) is 0 Å². The summed E-state index contributed by atoms with van der Waals surface area (Å²) in [6.07, 6.45) is 2.78. The minimum absolute atomic E-state index is 0.0498. The molecule has 110 valence electrons. The third-order valence-corrected chi connectivity index (χ3v) is 3.63. The second-order valence-electron chi connectivity index (χ2n) is 5.56. The Morgan fingerprint density at radius 3 is 2.42 bits per heavy atom. The molecule has 0 aliphatic carbocycles. The maximum absolute atomic E-state index is 11.9. The first-order valence-electron chi connectivity index (χ1n) is 6.81. The summed E-state index contributed by atoms with van der Waals surface area (Å²) in [4.78, 5) is 24.2. The molecule has 0 bridgehead atoms. The fourth-order valence-electron chi connectivity index (χ4n) is 2.31. The maximum Gasteiger partial charge on any atom is 0.317 e. The van der Waals surface area contributed by atoms with Gasteiger partial charge in [-0.05, 0) is 25.7 Å². The van der Waals surface area contributed by atoms with E-state index in [1.165, 1.54) is 6.92 Å². The molecule has 0 aromatic heterocycles. The number of hydrogen-bond donors (Lipinski definition) is 3. The van der Waals surface area contributed by atoms with Crippen LogP contribution < -0.4 is 5.32 Å². The van der Waals surface area contributed by atoms with Gasteiger partial charge in [0, 0.05) is 19.6 Å². The molecular weight excluding hydrogens is 248 g/mol. The van der Waals surface area contributed by atoms with Gasteiger partial charge in [-0.25, -0.2) is 4.79 Å². The Labute approximate surface area is 113 Å². The number of carbonyl (C=O) groups excluding carboxylic acids is 1. The molecule has 6 nitrogen and oxygen atoms in total. The van der Waals surface area contributed by atoms with Crippen LogP contribution in [0.2, 0.25) is 0 Å². The fraction of sp³-hybridized carbons (Fsp3) is 0.846. The average Bonchev–Trinajstić information content (AvgIpc) is 2.34. The molecule has 1 unspecified atom stereocenters. The van der Waals surface area contributed by atoms with Gasteiger partial charge in [0.05, 0.1) is 12.0 Å². The number of hydrogen-bond acceptors (Lipinski definition) is 3. The topological polar surface area (TPSA) is 89.9 Å². The van der Waals surface area contributed by atoms with Gasteiger partial charge < -0.3 is 20.4 Å². The van der Waals surface area contributed by atoms with Crippen molar-refractivity contribution in [2.45, 2.75) is 45.1 Å². The van der Waals surface area contributed by atoms with E-state index in [-0.39, 0.29) is 19.0 Å². The molecule has 1 aliphatic rings. The van der Waals surface area contributed by atoms with Crippen LogP contribution in [0, 0.1) is 5.92 Å². The molecule has 1 fully saturated rings. The zero-order valence-electron chi connectivity index (χ0n) is 11.7. The second kappa shape index (κ2) is 6.75. The number of aliphatic carboxylic acids is 1. The first-order valence-corrected chi connectivity index (χ1v) is 6.81. The molecule has 0 saturated carbocycles. The quantitative estimate of drug-likeness (QED) is 0.697. The highest BCUT2D eigenvalue weighted by Gasteiger charge is 2.27. The minimum Gasteiger partial charge on any atom is -0.481 e. The van der Waals surface area contributed by atoms with Crippen LogP contribution in [-0.2, 0) is 4.79 Å². The molecule has 1 rings (SSSR count). The van der Waals surface area contributed by atoms with Crippen LogP contribution in [0.1, 0.15) is 39.5 Å². The summed E-state index contributed by atoms with van der Waals surface area (Å²) in [6, 6.07) is -0.222. The number of nitrogens with zero attached hydrogens (tertiary/aromatic N) is 1. The number of aliphatic hydroxyl groups is 1. The third kappa shape index (κ3) is 5.46. The van der Waals surface area contributed by atoms with Crippen molar-refractivity contribution >= 4 is 12.0 Å². The van der Waals surface area contributed by atoms with Gasteiger partial charge in [-0.1, -0.05) is 13.3 Å².